The van der Waals surface area contributed by atoms with Gasteiger partial charge in [0.05, 0.1) is 0 Å². The van der Waals surface area contributed by atoms with Crippen molar-refractivity contribution < 1.29 is 19.8 Å². The van der Waals surface area contributed by atoms with E-state index in [1.807, 2.05) is 0 Å². The number of carbonyl (C=O) groups is 2. The summed E-state index contributed by atoms with van der Waals surface area (Å²) >= 11 is 11.7. The first-order valence-corrected chi connectivity index (χ1v) is 6.76. The van der Waals surface area contributed by atoms with Gasteiger partial charge in [-0.1, -0.05) is 29.3 Å². The Morgan fingerprint density at radius 2 is 2.00 bits per heavy atom. The molecule has 1 amide bonds. The molecule has 0 bridgehead atoms. The summed E-state index contributed by atoms with van der Waals surface area (Å²) in [6.07, 6.45) is 0.465. The van der Waals surface area contributed by atoms with Gasteiger partial charge in [-0.2, -0.15) is 0 Å². The molecule has 0 heterocycles. The lowest BCUT2D eigenvalue weighted by Gasteiger charge is -2.13. The second-order valence-corrected chi connectivity index (χ2v) is 5.05. The Labute approximate surface area is 126 Å². The van der Waals surface area contributed by atoms with Gasteiger partial charge in [-0.25, -0.2) is 4.79 Å². The maximum absolute atomic E-state index is 11.7. The lowest BCUT2D eigenvalue weighted by Crippen LogP contribution is -2.41. The lowest BCUT2D eigenvalue weighted by atomic mass is 10.1. The van der Waals surface area contributed by atoms with Crippen LogP contribution in [0.4, 0.5) is 0 Å². The smallest absolute Gasteiger partial charge is 0.326 e. The third kappa shape index (κ3) is 5.36. The molecule has 0 spiro atoms. The fourth-order valence-electron chi connectivity index (χ4n) is 1.63. The molecule has 7 heteroatoms. The minimum Gasteiger partial charge on any atom is -0.480 e. The minimum atomic E-state index is -1.17. The number of hydrogen-bond acceptors (Lipinski definition) is 3. The number of carboxylic acids is 1. The first-order valence-electron chi connectivity index (χ1n) is 6.01. The van der Waals surface area contributed by atoms with E-state index in [-0.39, 0.29) is 19.4 Å². The van der Waals surface area contributed by atoms with Crippen LogP contribution in [0.2, 0.25) is 10.0 Å². The van der Waals surface area contributed by atoms with Crippen molar-refractivity contribution in [3.63, 3.8) is 0 Å². The van der Waals surface area contributed by atoms with E-state index in [9.17, 15) is 9.59 Å². The molecular formula is C13H15Cl2NO4. The Kier molecular flexibility index (Phi) is 6.78. The highest BCUT2D eigenvalue weighted by Gasteiger charge is 2.19. The second-order valence-electron chi connectivity index (χ2n) is 4.21. The molecule has 20 heavy (non-hydrogen) atoms. The maximum atomic E-state index is 11.7. The largest absolute Gasteiger partial charge is 0.480 e. The van der Waals surface area contributed by atoms with Crippen LogP contribution in [0, 0.1) is 0 Å². The number of halogens is 2. The number of aliphatic carboxylic acids is 1. The van der Waals surface area contributed by atoms with Crippen molar-refractivity contribution in [3.05, 3.63) is 33.8 Å². The van der Waals surface area contributed by atoms with Gasteiger partial charge < -0.3 is 15.5 Å². The zero-order valence-electron chi connectivity index (χ0n) is 10.6. The molecule has 0 aliphatic rings. The zero-order valence-corrected chi connectivity index (χ0v) is 12.1. The van der Waals surface area contributed by atoms with Crippen LogP contribution < -0.4 is 5.32 Å². The van der Waals surface area contributed by atoms with Crippen molar-refractivity contribution in [2.45, 2.75) is 25.3 Å². The van der Waals surface area contributed by atoms with Gasteiger partial charge in [0.25, 0.3) is 0 Å². The van der Waals surface area contributed by atoms with Gasteiger partial charge in [-0.15, -0.1) is 0 Å². The monoisotopic (exact) mass is 319 g/mol. The van der Waals surface area contributed by atoms with E-state index >= 15 is 0 Å². The van der Waals surface area contributed by atoms with Gasteiger partial charge >= 0.3 is 5.97 Å². The van der Waals surface area contributed by atoms with Crippen molar-refractivity contribution in [1.29, 1.82) is 0 Å². The molecule has 0 aliphatic carbocycles. The highest BCUT2D eigenvalue weighted by atomic mass is 35.5. The van der Waals surface area contributed by atoms with Gasteiger partial charge in [-0.3, -0.25) is 4.79 Å². The summed E-state index contributed by atoms with van der Waals surface area (Å²) in [5.41, 5.74) is 0.764. The third-order valence-electron chi connectivity index (χ3n) is 2.69. The third-order valence-corrected chi connectivity index (χ3v) is 3.27. The quantitative estimate of drug-likeness (QED) is 0.716. The molecule has 0 aromatic heterocycles. The highest BCUT2D eigenvalue weighted by molar-refractivity contribution is 6.35. The Hall–Kier alpha value is -1.30. The Morgan fingerprint density at radius 3 is 2.55 bits per heavy atom. The van der Waals surface area contributed by atoms with Crippen molar-refractivity contribution >= 4 is 35.1 Å². The average Bonchev–Trinajstić information content (AvgIpc) is 2.37. The van der Waals surface area contributed by atoms with Crippen LogP contribution >= 0.6 is 23.2 Å². The maximum Gasteiger partial charge on any atom is 0.326 e. The van der Waals surface area contributed by atoms with Crippen LogP contribution in [0.1, 0.15) is 18.4 Å². The summed E-state index contributed by atoms with van der Waals surface area (Å²) in [5, 5.41) is 20.9. The predicted octanol–water partition coefficient (Wildman–Crippen LogP) is 1.88. The van der Waals surface area contributed by atoms with E-state index in [0.717, 1.165) is 5.56 Å². The molecule has 5 nitrogen and oxygen atoms in total. The van der Waals surface area contributed by atoms with Gasteiger partial charge in [0.2, 0.25) is 5.91 Å². The topological polar surface area (TPSA) is 86.6 Å². The first kappa shape index (κ1) is 16.8. The average molecular weight is 320 g/mol. The molecule has 0 aliphatic heterocycles. The fourth-order valence-corrected chi connectivity index (χ4v) is 2.13. The molecule has 0 unspecified atom stereocenters. The first-order chi connectivity index (χ1) is 9.43. The molecular weight excluding hydrogens is 305 g/mol. The number of benzene rings is 1. The normalized spacial score (nSPS) is 11.9. The number of aliphatic hydroxyl groups is 1. The SMILES string of the molecule is O=C(CCc1ccc(Cl)cc1Cl)N[C@H](CCO)C(=O)O. The van der Waals surface area contributed by atoms with E-state index in [4.69, 9.17) is 33.4 Å². The highest BCUT2D eigenvalue weighted by Crippen LogP contribution is 2.22. The standard InChI is InChI=1S/C13H15Cl2NO4/c14-9-3-1-8(10(15)7-9)2-4-12(18)16-11(5-6-17)13(19)20/h1,3,7,11,17H,2,4-6H2,(H,16,18)(H,19,20)/t11-/m1/s1. The van der Waals surface area contributed by atoms with Crippen LogP contribution in [0.3, 0.4) is 0 Å². The summed E-state index contributed by atoms with van der Waals surface area (Å²) in [6, 6.07) is 3.91. The summed E-state index contributed by atoms with van der Waals surface area (Å²) in [6.45, 7) is -0.305. The predicted molar refractivity (Wildman–Crippen MR) is 76.1 cm³/mol. The van der Waals surface area contributed by atoms with Crippen LogP contribution in [0.25, 0.3) is 0 Å². The number of carbonyl (C=O) groups excluding carboxylic acids is 1. The van der Waals surface area contributed by atoms with Crippen molar-refractivity contribution in [2.75, 3.05) is 6.61 Å². The number of hydrogen-bond donors (Lipinski definition) is 3. The Morgan fingerprint density at radius 1 is 1.30 bits per heavy atom. The molecule has 0 fully saturated rings. The molecule has 0 saturated heterocycles. The lowest BCUT2D eigenvalue weighted by molar-refractivity contribution is -0.142. The number of aryl methyl sites for hydroxylation is 1. The van der Waals surface area contributed by atoms with Gasteiger partial charge in [-0.05, 0) is 24.1 Å². The summed E-state index contributed by atoms with van der Waals surface area (Å²) < 4.78 is 0. The van der Waals surface area contributed by atoms with Gasteiger partial charge in [0.15, 0.2) is 0 Å². The van der Waals surface area contributed by atoms with E-state index in [2.05, 4.69) is 5.32 Å². The number of rotatable bonds is 7. The zero-order chi connectivity index (χ0) is 15.1. The molecule has 0 radical (unpaired) electrons. The fraction of sp³-hybridized carbons (Fsp3) is 0.385. The van der Waals surface area contributed by atoms with Gasteiger partial charge in [0.1, 0.15) is 6.04 Å². The van der Waals surface area contributed by atoms with Crippen molar-refractivity contribution in [2.24, 2.45) is 0 Å². The minimum absolute atomic E-state index is 0.0250. The van der Waals surface area contributed by atoms with Crippen molar-refractivity contribution in [1.82, 2.24) is 5.32 Å². The molecule has 1 aromatic rings. The summed E-state index contributed by atoms with van der Waals surface area (Å²) in [5.74, 6) is -1.58. The van der Waals surface area contributed by atoms with Crippen LogP contribution in [0.5, 0.6) is 0 Å². The van der Waals surface area contributed by atoms with E-state index < -0.39 is 17.9 Å². The van der Waals surface area contributed by atoms with Crippen LogP contribution in [0.15, 0.2) is 18.2 Å². The molecule has 0 saturated carbocycles. The van der Waals surface area contributed by atoms with E-state index in [1.165, 1.54) is 0 Å². The van der Waals surface area contributed by atoms with Gasteiger partial charge in [0, 0.05) is 29.5 Å². The summed E-state index contributed by atoms with van der Waals surface area (Å²) in [7, 11) is 0. The molecule has 110 valence electrons. The Balaban J connectivity index is 2.52. The Bertz CT molecular complexity index is 493. The number of nitrogens with one attached hydrogen (secondary N) is 1. The van der Waals surface area contributed by atoms with E-state index in [0.29, 0.717) is 16.5 Å². The molecule has 1 rings (SSSR count). The van der Waals surface area contributed by atoms with Crippen LogP contribution in [-0.2, 0) is 16.0 Å². The summed E-state index contributed by atoms with van der Waals surface area (Å²) in [4.78, 5) is 22.5. The molecule has 1 aromatic carbocycles. The van der Waals surface area contributed by atoms with E-state index in [1.54, 1.807) is 18.2 Å². The molecule has 1 atom stereocenters. The number of aliphatic hydroxyl groups excluding tert-OH is 1. The second kappa shape index (κ2) is 8.09. The van der Waals surface area contributed by atoms with Crippen LogP contribution in [-0.4, -0.2) is 34.7 Å². The van der Waals surface area contributed by atoms with Crippen molar-refractivity contribution in [3.8, 4) is 0 Å². The number of amides is 1. The number of carboxylic acid groups (broad SMARTS) is 1. The molecule has 3 N–H and O–H groups in total.